The molecule has 0 spiro atoms. The van der Waals surface area contributed by atoms with Crippen LogP contribution in [0.5, 0.6) is 0 Å². The van der Waals surface area contributed by atoms with Crippen LogP contribution in [0.15, 0.2) is 27.8 Å². The monoisotopic (exact) mass is 490 g/mol. The minimum Gasteiger partial charge on any atom is -0.467 e. The number of rotatable bonds is 9. The van der Waals surface area contributed by atoms with Crippen molar-refractivity contribution in [1.82, 2.24) is 15.5 Å². The Labute approximate surface area is 180 Å². The summed E-state index contributed by atoms with van der Waals surface area (Å²) in [7, 11) is 0. The molecule has 0 radical (unpaired) electrons. The van der Waals surface area contributed by atoms with Crippen molar-refractivity contribution in [2.45, 2.75) is 64.1 Å². The molecule has 154 valence electrons. The number of halogens is 1. The molecule has 1 aliphatic carbocycles. The van der Waals surface area contributed by atoms with Crippen molar-refractivity contribution < 1.29 is 9.15 Å². The van der Waals surface area contributed by atoms with Crippen molar-refractivity contribution in [3.8, 4) is 0 Å². The van der Waals surface area contributed by atoms with E-state index in [9.17, 15) is 0 Å². The molecule has 7 heteroatoms. The van der Waals surface area contributed by atoms with Crippen LogP contribution in [0.25, 0.3) is 0 Å². The number of nitrogens with one attached hydrogen (secondary N) is 2. The smallest absolute Gasteiger partial charge is 0.191 e. The largest absolute Gasteiger partial charge is 0.467 e. The van der Waals surface area contributed by atoms with E-state index in [0.29, 0.717) is 19.3 Å². The van der Waals surface area contributed by atoms with Gasteiger partial charge in [0.1, 0.15) is 12.4 Å². The molecular weight excluding hydrogens is 455 g/mol. The number of furan rings is 1. The molecule has 1 aromatic heterocycles. The predicted octanol–water partition coefficient (Wildman–Crippen LogP) is 3.38. The highest BCUT2D eigenvalue weighted by molar-refractivity contribution is 14.0. The van der Waals surface area contributed by atoms with E-state index in [1.165, 1.54) is 38.6 Å². The van der Waals surface area contributed by atoms with Crippen LogP contribution in [-0.2, 0) is 11.3 Å². The number of guanidine groups is 1. The van der Waals surface area contributed by atoms with E-state index < -0.39 is 0 Å². The van der Waals surface area contributed by atoms with Crippen LogP contribution in [0, 0.1) is 0 Å². The molecule has 0 amide bonds. The van der Waals surface area contributed by atoms with Crippen molar-refractivity contribution in [3.05, 3.63) is 24.2 Å². The molecule has 2 heterocycles. The summed E-state index contributed by atoms with van der Waals surface area (Å²) >= 11 is 0. The summed E-state index contributed by atoms with van der Waals surface area (Å²) in [4.78, 5) is 7.38. The number of nitrogens with zero attached hydrogens (tertiary/aromatic N) is 2. The Bertz CT molecular complexity index is 532. The lowest BCUT2D eigenvalue weighted by Gasteiger charge is -2.24. The van der Waals surface area contributed by atoms with Gasteiger partial charge < -0.3 is 19.8 Å². The van der Waals surface area contributed by atoms with E-state index in [1.807, 2.05) is 12.1 Å². The minimum atomic E-state index is 0. The third-order valence-corrected chi connectivity index (χ3v) is 5.29. The van der Waals surface area contributed by atoms with Crippen LogP contribution >= 0.6 is 24.0 Å². The normalized spacial score (nSPS) is 21.4. The first-order chi connectivity index (χ1) is 12.8. The zero-order valence-corrected chi connectivity index (χ0v) is 18.8. The van der Waals surface area contributed by atoms with Crippen LogP contribution < -0.4 is 10.6 Å². The quantitative estimate of drug-likeness (QED) is 0.241. The van der Waals surface area contributed by atoms with Crippen molar-refractivity contribution in [2.24, 2.45) is 4.99 Å². The number of ether oxygens (including phenoxy) is 1. The fourth-order valence-electron chi connectivity index (χ4n) is 3.94. The first kappa shape index (κ1) is 22.5. The fourth-order valence-corrected chi connectivity index (χ4v) is 3.94. The molecule has 1 saturated heterocycles. The van der Waals surface area contributed by atoms with Gasteiger partial charge >= 0.3 is 0 Å². The van der Waals surface area contributed by atoms with Crippen LogP contribution in [-0.4, -0.2) is 55.7 Å². The lowest BCUT2D eigenvalue weighted by Crippen LogP contribution is -2.45. The van der Waals surface area contributed by atoms with E-state index in [2.05, 4.69) is 22.5 Å². The highest BCUT2D eigenvalue weighted by Crippen LogP contribution is 2.26. The molecule has 1 saturated carbocycles. The Hall–Kier alpha value is -0.800. The summed E-state index contributed by atoms with van der Waals surface area (Å²) in [6, 6.07) is 5.16. The lowest BCUT2D eigenvalue weighted by molar-refractivity contribution is 0.105. The number of hydrogen-bond acceptors (Lipinski definition) is 4. The topological polar surface area (TPSA) is 62.0 Å². The maximum atomic E-state index is 5.61. The summed E-state index contributed by atoms with van der Waals surface area (Å²) in [5.74, 6) is 1.81. The predicted molar refractivity (Wildman–Crippen MR) is 120 cm³/mol. The number of aliphatic imine (C=N–C) groups is 1. The molecule has 1 atom stereocenters. The SMILES string of the molecule is CCNC(=NCCCOCc1ccco1)NC1CCN(C2CCCC2)C1.I. The van der Waals surface area contributed by atoms with Gasteiger partial charge in [-0.1, -0.05) is 12.8 Å². The Balaban J connectivity index is 0.00000261. The van der Waals surface area contributed by atoms with Gasteiger partial charge in [-0.15, -0.1) is 24.0 Å². The molecular formula is C20H35IN4O2. The van der Waals surface area contributed by atoms with E-state index in [-0.39, 0.29) is 24.0 Å². The highest BCUT2D eigenvalue weighted by Gasteiger charge is 2.30. The summed E-state index contributed by atoms with van der Waals surface area (Å²) in [5.41, 5.74) is 0. The molecule has 6 nitrogen and oxygen atoms in total. The van der Waals surface area contributed by atoms with Gasteiger partial charge in [0.25, 0.3) is 0 Å². The summed E-state index contributed by atoms with van der Waals surface area (Å²) < 4.78 is 10.9. The lowest BCUT2D eigenvalue weighted by atomic mass is 10.2. The average Bonchev–Trinajstić information content (AvgIpc) is 3.40. The first-order valence-electron chi connectivity index (χ1n) is 10.2. The Kier molecular flexibility index (Phi) is 10.5. The molecule has 3 rings (SSSR count). The van der Waals surface area contributed by atoms with Gasteiger partial charge in [0.15, 0.2) is 5.96 Å². The maximum absolute atomic E-state index is 5.61. The first-order valence-corrected chi connectivity index (χ1v) is 10.2. The van der Waals surface area contributed by atoms with Gasteiger partial charge in [0, 0.05) is 44.9 Å². The summed E-state index contributed by atoms with van der Waals surface area (Å²) in [6.07, 6.45) is 9.39. The van der Waals surface area contributed by atoms with Gasteiger partial charge in [0.2, 0.25) is 0 Å². The molecule has 2 aliphatic rings. The molecule has 1 unspecified atom stereocenters. The van der Waals surface area contributed by atoms with Crippen molar-refractivity contribution in [3.63, 3.8) is 0 Å². The molecule has 1 aromatic rings. The van der Waals surface area contributed by atoms with Gasteiger partial charge in [0.05, 0.1) is 6.26 Å². The second kappa shape index (κ2) is 12.6. The highest BCUT2D eigenvalue weighted by atomic mass is 127. The zero-order chi connectivity index (χ0) is 18.0. The van der Waals surface area contributed by atoms with Crippen molar-refractivity contribution in [2.75, 3.05) is 32.8 Å². The summed E-state index contributed by atoms with van der Waals surface area (Å²) in [6.45, 7) is 7.38. The van der Waals surface area contributed by atoms with Gasteiger partial charge in [-0.3, -0.25) is 9.89 Å². The van der Waals surface area contributed by atoms with E-state index >= 15 is 0 Å². The molecule has 2 fully saturated rings. The Morgan fingerprint density at radius 1 is 1.33 bits per heavy atom. The second-order valence-electron chi connectivity index (χ2n) is 7.31. The average molecular weight is 490 g/mol. The van der Waals surface area contributed by atoms with Crippen LogP contribution in [0.1, 0.15) is 51.2 Å². The molecule has 2 N–H and O–H groups in total. The minimum absolute atomic E-state index is 0. The molecule has 27 heavy (non-hydrogen) atoms. The van der Waals surface area contributed by atoms with E-state index in [0.717, 1.165) is 43.8 Å². The third kappa shape index (κ3) is 7.62. The van der Waals surface area contributed by atoms with Gasteiger partial charge in [-0.05, 0) is 44.7 Å². The van der Waals surface area contributed by atoms with Crippen LogP contribution in [0.4, 0.5) is 0 Å². The fraction of sp³-hybridized carbons (Fsp3) is 0.750. The molecule has 1 aliphatic heterocycles. The second-order valence-corrected chi connectivity index (χ2v) is 7.31. The van der Waals surface area contributed by atoms with Crippen LogP contribution in [0.3, 0.4) is 0 Å². The maximum Gasteiger partial charge on any atom is 0.191 e. The summed E-state index contributed by atoms with van der Waals surface area (Å²) in [5, 5.41) is 7.00. The number of hydrogen-bond donors (Lipinski definition) is 2. The van der Waals surface area contributed by atoms with Crippen molar-refractivity contribution in [1.29, 1.82) is 0 Å². The molecule has 0 aromatic carbocycles. The number of likely N-dealkylation sites (tertiary alicyclic amines) is 1. The van der Waals surface area contributed by atoms with Gasteiger partial charge in [-0.2, -0.15) is 0 Å². The van der Waals surface area contributed by atoms with Crippen molar-refractivity contribution >= 4 is 29.9 Å². The third-order valence-electron chi connectivity index (χ3n) is 5.29. The van der Waals surface area contributed by atoms with E-state index in [4.69, 9.17) is 14.1 Å². The van der Waals surface area contributed by atoms with E-state index in [1.54, 1.807) is 6.26 Å². The standard InChI is InChI=1S/C20H34N4O2.HI/c1-2-21-20(22-11-6-13-25-16-19-9-5-14-26-19)23-17-10-12-24(15-17)18-7-3-4-8-18;/h5,9,14,17-18H,2-4,6-8,10-13,15-16H2,1H3,(H2,21,22,23);1H. The van der Waals surface area contributed by atoms with Crippen LogP contribution in [0.2, 0.25) is 0 Å². The van der Waals surface area contributed by atoms with Gasteiger partial charge in [-0.25, -0.2) is 0 Å². The molecule has 0 bridgehead atoms. The zero-order valence-electron chi connectivity index (χ0n) is 16.5. The Morgan fingerprint density at radius 2 is 2.19 bits per heavy atom. The Morgan fingerprint density at radius 3 is 2.93 bits per heavy atom.